The van der Waals surface area contributed by atoms with E-state index in [2.05, 4.69) is 0 Å². The summed E-state index contributed by atoms with van der Waals surface area (Å²) >= 11 is 0. The van der Waals surface area contributed by atoms with E-state index in [1.807, 2.05) is 54.6 Å². The molecule has 0 unspecified atom stereocenters. The van der Waals surface area contributed by atoms with E-state index >= 15 is 0 Å². The first-order valence-electron chi connectivity index (χ1n) is 5.67. The topological polar surface area (TPSA) is 40.5 Å². The molecule has 0 aromatic heterocycles. The van der Waals surface area contributed by atoms with E-state index in [0.29, 0.717) is 0 Å². The van der Waals surface area contributed by atoms with Crippen LogP contribution < -0.4 is 0 Å². The minimum Gasteiger partial charge on any atom is -0.504 e. The van der Waals surface area contributed by atoms with Crippen LogP contribution in [-0.4, -0.2) is 10.2 Å². The summed E-state index contributed by atoms with van der Waals surface area (Å²) in [5.41, 5.74) is 1.97. The van der Waals surface area contributed by atoms with Crippen molar-refractivity contribution in [2.24, 2.45) is 0 Å². The summed E-state index contributed by atoms with van der Waals surface area (Å²) in [7, 11) is 0. The number of phenols is 2. The summed E-state index contributed by atoms with van der Waals surface area (Å²) in [6, 6.07) is 14.7. The minimum atomic E-state index is -0.107. The molecule has 90 valence electrons. The molecule has 0 aliphatic carbocycles. The number of hydrogen-bond acceptors (Lipinski definition) is 2. The second kappa shape index (κ2) is 5.73. The quantitative estimate of drug-likeness (QED) is 0.630. The van der Waals surface area contributed by atoms with Crippen LogP contribution in [0.5, 0.6) is 11.5 Å². The SMILES string of the molecule is Oc1ccc(C=CC=Cc2ccccc2)cc1O. The highest BCUT2D eigenvalue weighted by atomic mass is 16.3. The molecule has 0 aliphatic rings. The van der Waals surface area contributed by atoms with E-state index in [-0.39, 0.29) is 11.5 Å². The van der Waals surface area contributed by atoms with Gasteiger partial charge in [-0.15, -0.1) is 0 Å². The highest BCUT2D eigenvalue weighted by Gasteiger charge is 1.96. The van der Waals surface area contributed by atoms with Crippen LogP contribution in [0.25, 0.3) is 12.2 Å². The lowest BCUT2D eigenvalue weighted by atomic mass is 10.1. The molecule has 0 spiro atoms. The zero-order valence-corrected chi connectivity index (χ0v) is 9.82. The molecule has 2 heteroatoms. The molecule has 2 N–H and O–H groups in total. The van der Waals surface area contributed by atoms with Gasteiger partial charge in [-0.2, -0.15) is 0 Å². The highest BCUT2D eigenvalue weighted by molar-refractivity contribution is 5.59. The monoisotopic (exact) mass is 238 g/mol. The third-order valence-corrected chi connectivity index (χ3v) is 2.49. The Morgan fingerprint density at radius 2 is 1.33 bits per heavy atom. The Labute approximate surface area is 106 Å². The van der Waals surface area contributed by atoms with Crippen LogP contribution >= 0.6 is 0 Å². The molecule has 2 nitrogen and oxygen atoms in total. The van der Waals surface area contributed by atoms with E-state index < -0.39 is 0 Å². The first kappa shape index (κ1) is 12.0. The normalized spacial score (nSPS) is 11.3. The van der Waals surface area contributed by atoms with Crippen molar-refractivity contribution in [3.05, 3.63) is 71.8 Å². The molecule has 0 aliphatic heterocycles. The van der Waals surface area contributed by atoms with E-state index in [1.165, 1.54) is 12.1 Å². The molecule has 2 aromatic carbocycles. The summed E-state index contributed by atoms with van der Waals surface area (Å²) in [6.07, 6.45) is 7.67. The van der Waals surface area contributed by atoms with Crippen molar-refractivity contribution in [1.29, 1.82) is 0 Å². The highest BCUT2D eigenvalue weighted by Crippen LogP contribution is 2.25. The van der Waals surface area contributed by atoms with Crippen LogP contribution in [0.15, 0.2) is 60.7 Å². The number of benzene rings is 2. The van der Waals surface area contributed by atoms with Gasteiger partial charge in [0.1, 0.15) is 0 Å². The van der Waals surface area contributed by atoms with Gasteiger partial charge >= 0.3 is 0 Å². The van der Waals surface area contributed by atoms with E-state index in [9.17, 15) is 10.2 Å². The van der Waals surface area contributed by atoms with Gasteiger partial charge in [0.25, 0.3) is 0 Å². The average Bonchev–Trinajstić information content (AvgIpc) is 2.40. The largest absolute Gasteiger partial charge is 0.504 e. The van der Waals surface area contributed by atoms with Gasteiger partial charge in [0.2, 0.25) is 0 Å². The fourth-order valence-corrected chi connectivity index (χ4v) is 1.54. The average molecular weight is 238 g/mol. The molecule has 2 rings (SSSR count). The van der Waals surface area contributed by atoms with Gasteiger partial charge in [0.05, 0.1) is 0 Å². The maximum absolute atomic E-state index is 9.33. The Morgan fingerprint density at radius 3 is 2.00 bits per heavy atom. The lowest BCUT2D eigenvalue weighted by Gasteiger charge is -1.97. The maximum atomic E-state index is 9.33. The lowest BCUT2D eigenvalue weighted by molar-refractivity contribution is 0.403. The summed E-state index contributed by atoms with van der Waals surface area (Å²) in [4.78, 5) is 0. The molecular formula is C16H14O2. The van der Waals surface area contributed by atoms with Crippen LogP contribution in [0.1, 0.15) is 11.1 Å². The van der Waals surface area contributed by atoms with E-state index in [0.717, 1.165) is 11.1 Å². The first-order valence-corrected chi connectivity index (χ1v) is 5.67. The van der Waals surface area contributed by atoms with Gasteiger partial charge in [-0.05, 0) is 23.3 Å². The van der Waals surface area contributed by atoms with Gasteiger partial charge in [0.15, 0.2) is 11.5 Å². The van der Waals surface area contributed by atoms with Crippen LogP contribution in [0, 0.1) is 0 Å². The second-order valence-electron chi connectivity index (χ2n) is 3.88. The van der Waals surface area contributed by atoms with Gasteiger partial charge < -0.3 is 10.2 Å². The molecule has 18 heavy (non-hydrogen) atoms. The smallest absolute Gasteiger partial charge is 0.157 e. The van der Waals surface area contributed by atoms with E-state index in [4.69, 9.17) is 0 Å². The zero-order valence-electron chi connectivity index (χ0n) is 9.82. The molecule has 0 fully saturated rings. The maximum Gasteiger partial charge on any atom is 0.157 e. The molecule has 0 bridgehead atoms. The van der Waals surface area contributed by atoms with Crippen molar-refractivity contribution in [2.75, 3.05) is 0 Å². The molecule has 0 radical (unpaired) electrons. The zero-order chi connectivity index (χ0) is 12.8. The van der Waals surface area contributed by atoms with Crippen molar-refractivity contribution in [3.63, 3.8) is 0 Å². The minimum absolute atomic E-state index is 0.105. The summed E-state index contributed by atoms with van der Waals surface area (Å²) in [5.74, 6) is -0.212. The predicted molar refractivity (Wildman–Crippen MR) is 74.3 cm³/mol. The Bertz CT molecular complexity index is 569. The standard InChI is InChI=1S/C16H14O2/c17-15-11-10-14(12-16(15)18)9-5-4-8-13-6-2-1-3-7-13/h1-12,17-18H. The van der Waals surface area contributed by atoms with Crippen LogP contribution in [-0.2, 0) is 0 Å². The Kier molecular flexibility index (Phi) is 3.82. The summed E-state index contributed by atoms with van der Waals surface area (Å²) < 4.78 is 0. The van der Waals surface area contributed by atoms with E-state index in [1.54, 1.807) is 6.07 Å². The van der Waals surface area contributed by atoms with Crippen molar-refractivity contribution in [2.45, 2.75) is 0 Å². The van der Waals surface area contributed by atoms with Crippen molar-refractivity contribution in [1.82, 2.24) is 0 Å². The van der Waals surface area contributed by atoms with Crippen LogP contribution in [0.2, 0.25) is 0 Å². The Balaban J connectivity index is 2.03. The van der Waals surface area contributed by atoms with Gasteiger partial charge in [-0.1, -0.05) is 60.7 Å². The Morgan fingerprint density at radius 1 is 0.667 bits per heavy atom. The number of phenolic OH excluding ortho intramolecular Hbond substituents is 2. The number of allylic oxidation sites excluding steroid dienone is 2. The third kappa shape index (κ3) is 3.25. The van der Waals surface area contributed by atoms with Crippen molar-refractivity contribution < 1.29 is 10.2 Å². The summed E-state index contributed by atoms with van der Waals surface area (Å²) in [6.45, 7) is 0. The molecule has 0 atom stereocenters. The second-order valence-corrected chi connectivity index (χ2v) is 3.88. The van der Waals surface area contributed by atoms with Gasteiger partial charge in [0, 0.05) is 0 Å². The van der Waals surface area contributed by atoms with Gasteiger partial charge in [-0.25, -0.2) is 0 Å². The number of rotatable bonds is 3. The summed E-state index contributed by atoms with van der Waals surface area (Å²) in [5, 5.41) is 18.5. The predicted octanol–water partition coefficient (Wildman–Crippen LogP) is 3.82. The first-order chi connectivity index (χ1) is 8.75. The molecule has 0 heterocycles. The van der Waals surface area contributed by atoms with Crippen LogP contribution in [0.3, 0.4) is 0 Å². The molecule has 2 aromatic rings. The number of hydrogen-bond donors (Lipinski definition) is 2. The molecular weight excluding hydrogens is 224 g/mol. The molecule has 0 saturated heterocycles. The molecule has 0 saturated carbocycles. The van der Waals surface area contributed by atoms with Gasteiger partial charge in [-0.3, -0.25) is 0 Å². The Hall–Kier alpha value is -2.48. The van der Waals surface area contributed by atoms with Crippen molar-refractivity contribution in [3.8, 4) is 11.5 Å². The van der Waals surface area contributed by atoms with Crippen molar-refractivity contribution >= 4 is 12.2 Å². The molecule has 0 amide bonds. The fourth-order valence-electron chi connectivity index (χ4n) is 1.54. The third-order valence-electron chi connectivity index (χ3n) is 2.49. The number of aromatic hydroxyl groups is 2. The fraction of sp³-hybridized carbons (Fsp3) is 0. The lowest BCUT2D eigenvalue weighted by Crippen LogP contribution is -1.72. The van der Waals surface area contributed by atoms with Crippen LogP contribution in [0.4, 0.5) is 0 Å².